The van der Waals surface area contributed by atoms with Crippen molar-refractivity contribution in [2.75, 3.05) is 5.32 Å². The Bertz CT molecular complexity index is 630. The molecule has 3 N–H and O–H groups in total. The molecule has 2 aromatic rings. The number of carboxylic acid groups (broad SMARTS) is 2. The summed E-state index contributed by atoms with van der Waals surface area (Å²) in [6.07, 6.45) is 0. The van der Waals surface area contributed by atoms with Gasteiger partial charge in [-0.15, -0.1) is 0 Å². The highest BCUT2D eigenvalue weighted by atomic mass is 16.4. The first-order valence-corrected chi connectivity index (χ1v) is 5.92. The fourth-order valence-corrected chi connectivity index (χ4v) is 1.82. The van der Waals surface area contributed by atoms with Gasteiger partial charge in [-0.3, -0.25) is 0 Å². The Morgan fingerprint density at radius 3 is 1.85 bits per heavy atom. The first-order valence-electron chi connectivity index (χ1n) is 5.92. The molecule has 2 aromatic carbocycles. The van der Waals surface area contributed by atoms with Crippen LogP contribution in [0.3, 0.4) is 0 Å². The highest BCUT2D eigenvalue weighted by Gasteiger charge is 2.18. The molecule has 0 saturated heterocycles. The molecular weight excluding hydrogens is 258 g/mol. The number of para-hydroxylation sites is 1. The van der Waals surface area contributed by atoms with Crippen molar-refractivity contribution in [3.05, 3.63) is 59.2 Å². The lowest BCUT2D eigenvalue weighted by atomic mass is 10.1. The second-order valence-corrected chi connectivity index (χ2v) is 4.33. The van der Waals surface area contributed by atoms with E-state index in [9.17, 15) is 9.59 Å². The number of anilines is 2. The SMILES string of the molecule is Cc1ccc(Nc2c(C(=O)O)cccc2C(=O)O)cc1. The molecule has 5 nitrogen and oxygen atoms in total. The standard InChI is InChI=1S/C15H13NO4/c1-9-5-7-10(8-6-9)16-13-11(14(17)18)3-2-4-12(13)15(19)20/h2-8,16H,1H3,(H,17,18)(H,19,20). The fraction of sp³-hybridized carbons (Fsp3) is 0.0667. The molecule has 5 heteroatoms. The molecule has 0 spiro atoms. The van der Waals surface area contributed by atoms with Gasteiger partial charge in [0.2, 0.25) is 0 Å². The summed E-state index contributed by atoms with van der Waals surface area (Å²) in [5, 5.41) is 21.2. The summed E-state index contributed by atoms with van der Waals surface area (Å²) in [5.41, 5.74) is 1.61. The van der Waals surface area contributed by atoms with Crippen LogP contribution in [0.5, 0.6) is 0 Å². The molecule has 0 fully saturated rings. The molecular formula is C15H13NO4. The molecule has 0 atom stereocenters. The number of benzene rings is 2. The van der Waals surface area contributed by atoms with Crippen molar-refractivity contribution >= 4 is 23.3 Å². The smallest absolute Gasteiger partial charge is 0.337 e. The fourth-order valence-electron chi connectivity index (χ4n) is 1.82. The molecule has 0 saturated carbocycles. The second kappa shape index (κ2) is 5.44. The van der Waals surface area contributed by atoms with Crippen molar-refractivity contribution in [1.82, 2.24) is 0 Å². The molecule has 0 aliphatic carbocycles. The van der Waals surface area contributed by atoms with Gasteiger partial charge in [-0.1, -0.05) is 23.8 Å². The zero-order valence-corrected chi connectivity index (χ0v) is 10.8. The van der Waals surface area contributed by atoms with Gasteiger partial charge in [-0.25, -0.2) is 9.59 Å². The average molecular weight is 271 g/mol. The largest absolute Gasteiger partial charge is 0.478 e. The molecule has 20 heavy (non-hydrogen) atoms. The van der Waals surface area contributed by atoms with E-state index in [1.165, 1.54) is 18.2 Å². The van der Waals surface area contributed by atoms with Crippen molar-refractivity contribution < 1.29 is 19.8 Å². The predicted molar refractivity (Wildman–Crippen MR) is 74.8 cm³/mol. The third-order valence-electron chi connectivity index (χ3n) is 2.85. The molecule has 0 radical (unpaired) electrons. The first kappa shape index (κ1) is 13.6. The summed E-state index contributed by atoms with van der Waals surface area (Å²) in [4.78, 5) is 22.4. The maximum atomic E-state index is 11.2. The first-order chi connectivity index (χ1) is 9.49. The van der Waals surface area contributed by atoms with Crippen LogP contribution in [-0.2, 0) is 0 Å². The van der Waals surface area contributed by atoms with E-state index in [-0.39, 0.29) is 16.8 Å². The van der Waals surface area contributed by atoms with Crippen LogP contribution in [0.15, 0.2) is 42.5 Å². The number of aryl methyl sites for hydroxylation is 1. The van der Waals surface area contributed by atoms with Gasteiger partial charge in [-0.05, 0) is 31.2 Å². The number of carbonyl (C=O) groups is 2. The number of hydrogen-bond acceptors (Lipinski definition) is 3. The van der Waals surface area contributed by atoms with Crippen LogP contribution in [-0.4, -0.2) is 22.2 Å². The summed E-state index contributed by atoms with van der Waals surface area (Å²) in [6, 6.07) is 11.4. The van der Waals surface area contributed by atoms with Gasteiger partial charge in [0, 0.05) is 5.69 Å². The third-order valence-corrected chi connectivity index (χ3v) is 2.85. The van der Waals surface area contributed by atoms with E-state index in [0.717, 1.165) is 5.56 Å². The molecule has 0 aromatic heterocycles. The van der Waals surface area contributed by atoms with Gasteiger partial charge in [0.25, 0.3) is 0 Å². The molecule has 0 aliphatic rings. The van der Waals surface area contributed by atoms with Crippen molar-refractivity contribution in [3.63, 3.8) is 0 Å². The van der Waals surface area contributed by atoms with Crippen LogP contribution in [0.25, 0.3) is 0 Å². The lowest BCUT2D eigenvalue weighted by molar-refractivity contribution is 0.0696. The molecule has 0 heterocycles. The Balaban J connectivity index is 2.50. The van der Waals surface area contributed by atoms with E-state index in [1.54, 1.807) is 12.1 Å². The number of carboxylic acids is 2. The van der Waals surface area contributed by atoms with E-state index in [0.29, 0.717) is 5.69 Å². The van der Waals surface area contributed by atoms with Crippen LogP contribution in [0.1, 0.15) is 26.3 Å². The molecule has 0 bridgehead atoms. The van der Waals surface area contributed by atoms with Crippen LogP contribution >= 0.6 is 0 Å². The Kier molecular flexibility index (Phi) is 3.70. The van der Waals surface area contributed by atoms with Crippen molar-refractivity contribution in [2.24, 2.45) is 0 Å². The Hall–Kier alpha value is -2.82. The van der Waals surface area contributed by atoms with Gasteiger partial charge < -0.3 is 15.5 Å². The molecule has 0 unspecified atom stereocenters. The Labute approximate surface area is 115 Å². The topological polar surface area (TPSA) is 86.6 Å². The van der Waals surface area contributed by atoms with Crippen molar-refractivity contribution in [2.45, 2.75) is 6.92 Å². The molecule has 102 valence electrons. The molecule has 0 aliphatic heterocycles. The summed E-state index contributed by atoms with van der Waals surface area (Å²) in [5.74, 6) is -2.36. The van der Waals surface area contributed by atoms with Gasteiger partial charge in [0.15, 0.2) is 0 Å². The normalized spacial score (nSPS) is 10.1. The summed E-state index contributed by atoms with van der Waals surface area (Å²) < 4.78 is 0. The molecule has 2 rings (SSSR count). The van der Waals surface area contributed by atoms with Crippen molar-refractivity contribution in [1.29, 1.82) is 0 Å². The average Bonchev–Trinajstić information content (AvgIpc) is 2.41. The van der Waals surface area contributed by atoms with Crippen LogP contribution in [0.2, 0.25) is 0 Å². The van der Waals surface area contributed by atoms with E-state index in [4.69, 9.17) is 10.2 Å². The third kappa shape index (κ3) is 2.77. The van der Waals surface area contributed by atoms with E-state index in [1.807, 2.05) is 19.1 Å². The van der Waals surface area contributed by atoms with Crippen LogP contribution in [0, 0.1) is 6.92 Å². The van der Waals surface area contributed by atoms with Gasteiger partial charge >= 0.3 is 11.9 Å². The maximum Gasteiger partial charge on any atom is 0.337 e. The number of nitrogens with one attached hydrogen (secondary N) is 1. The van der Waals surface area contributed by atoms with Gasteiger partial charge in [0.05, 0.1) is 16.8 Å². The number of aromatic carboxylic acids is 2. The number of rotatable bonds is 4. The Morgan fingerprint density at radius 2 is 1.40 bits per heavy atom. The monoisotopic (exact) mass is 271 g/mol. The summed E-state index contributed by atoms with van der Waals surface area (Å²) in [6.45, 7) is 1.93. The highest BCUT2D eigenvalue weighted by molar-refractivity contribution is 6.04. The lowest BCUT2D eigenvalue weighted by Gasteiger charge is -2.12. The minimum Gasteiger partial charge on any atom is -0.478 e. The predicted octanol–water partition coefficient (Wildman–Crippen LogP) is 3.14. The minimum absolute atomic E-state index is 0.0783. The van der Waals surface area contributed by atoms with Gasteiger partial charge in [0.1, 0.15) is 0 Å². The van der Waals surface area contributed by atoms with Crippen LogP contribution in [0.4, 0.5) is 11.4 Å². The van der Waals surface area contributed by atoms with Gasteiger partial charge in [-0.2, -0.15) is 0 Å². The van der Waals surface area contributed by atoms with Crippen molar-refractivity contribution in [3.8, 4) is 0 Å². The Morgan fingerprint density at radius 1 is 0.900 bits per heavy atom. The zero-order valence-electron chi connectivity index (χ0n) is 10.8. The van der Waals surface area contributed by atoms with E-state index in [2.05, 4.69) is 5.32 Å². The quantitative estimate of drug-likeness (QED) is 0.795. The highest BCUT2D eigenvalue weighted by Crippen LogP contribution is 2.26. The van der Waals surface area contributed by atoms with E-state index >= 15 is 0 Å². The maximum absolute atomic E-state index is 11.2. The number of hydrogen-bond donors (Lipinski definition) is 3. The lowest BCUT2D eigenvalue weighted by Crippen LogP contribution is -2.09. The van der Waals surface area contributed by atoms with E-state index < -0.39 is 11.9 Å². The summed E-state index contributed by atoms with van der Waals surface area (Å²) in [7, 11) is 0. The zero-order chi connectivity index (χ0) is 14.7. The second-order valence-electron chi connectivity index (χ2n) is 4.33. The minimum atomic E-state index is -1.18. The summed E-state index contributed by atoms with van der Waals surface area (Å²) >= 11 is 0. The molecule has 0 amide bonds. The van der Waals surface area contributed by atoms with Crippen LogP contribution < -0.4 is 5.32 Å².